The largest absolute Gasteiger partial charge is 0.493 e. The van der Waals surface area contributed by atoms with Crippen LogP contribution in [0.25, 0.3) is 0 Å². The van der Waals surface area contributed by atoms with Crippen LogP contribution in [-0.2, 0) is 16.2 Å². The zero-order chi connectivity index (χ0) is 20.4. The van der Waals surface area contributed by atoms with Crippen molar-refractivity contribution in [3.8, 4) is 11.5 Å². The Bertz CT molecular complexity index is 775. The summed E-state index contributed by atoms with van der Waals surface area (Å²) >= 11 is 0. The summed E-state index contributed by atoms with van der Waals surface area (Å²) in [6.07, 6.45) is 1.53. The smallest absolute Gasteiger partial charge is 0.260 e. The van der Waals surface area contributed by atoms with Gasteiger partial charge in [-0.15, -0.1) is 0 Å². The molecule has 0 aliphatic heterocycles. The number of methoxy groups -OCH3 is 1. The molecular weight excluding hydrogens is 356 g/mol. The van der Waals surface area contributed by atoms with Crippen molar-refractivity contribution in [2.45, 2.75) is 33.4 Å². The first kappa shape index (κ1) is 21.3. The SMILES string of the molecule is COc1cc(/C=N/OCC(=O)NC(C)C(C)C)ccc1OCc1ccccc1. The van der Waals surface area contributed by atoms with Gasteiger partial charge in [0.25, 0.3) is 5.91 Å². The number of rotatable bonds is 10. The van der Waals surface area contributed by atoms with E-state index in [0.29, 0.717) is 24.0 Å². The second kappa shape index (κ2) is 11.0. The van der Waals surface area contributed by atoms with Gasteiger partial charge in [0, 0.05) is 11.6 Å². The Morgan fingerprint density at radius 3 is 2.54 bits per heavy atom. The molecule has 0 spiro atoms. The molecule has 0 aromatic heterocycles. The second-order valence-electron chi connectivity index (χ2n) is 6.79. The summed E-state index contributed by atoms with van der Waals surface area (Å²) in [5.41, 5.74) is 1.86. The molecule has 0 fully saturated rings. The van der Waals surface area contributed by atoms with Gasteiger partial charge in [-0.2, -0.15) is 0 Å². The lowest BCUT2D eigenvalue weighted by Gasteiger charge is -2.16. The van der Waals surface area contributed by atoms with E-state index in [-0.39, 0.29) is 18.6 Å². The van der Waals surface area contributed by atoms with Crippen molar-refractivity contribution >= 4 is 12.1 Å². The summed E-state index contributed by atoms with van der Waals surface area (Å²) in [4.78, 5) is 16.8. The summed E-state index contributed by atoms with van der Waals surface area (Å²) in [5.74, 6) is 1.41. The fraction of sp³-hybridized carbons (Fsp3) is 0.364. The maximum atomic E-state index is 11.8. The van der Waals surface area contributed by atoms with Crippen LogP contribution in [0.3, 0.4) is 0 Å². The summed E-state index contributed by atoms with van der Waals surface area (Å²) in [6.45, 7) is 6.38. The third kappa shape index (κ3) is 6.95. The quantitative estimate of drug-likeness (QED) is 0.500. The van der Waals surface area contributed by atoms with Crippen molar-refractivity contribution in [1.82, 2.24) is 5.32 Å². The van der Waals surface area contributed by atoms with Crippen LogP contribution in [0.15, 0.2) is 53.7 Å². The summed E-state index contributed by atoms with van der Waals surface area (Å²) in [6, 6.07) is 15.5. The Balaban J connectivity index is 1.87. The number of carbonyl (C=O) groups is 1. The van der Waals surface area contributed by atoms with Gasteiger partial charge in [-0.3, -0.25) is 4.79 Å². The molecule has 0 bridgehead atoms. The van der Waals surface area contributed by atoms with Crippen LogP contribution in [0.2, 0.25) is 0 Å². The van der Waals surface area contributed by atoms with Crippen LogP contribution in [0, 0.1) is 5.92 Å². The Morgan fingerprint density at radius 2 is 1.86 bits per heavy atom. The maximum Gasteiger partial charge on any atom is 0.260 e. The summed E-state index contributed by atoms with van der Waals surface area (Å²) in [7, 11) is 1.59. The Morgan fingerprint density at radius 1 is 1.11 bits per heavy atom. The fourth-order valence-corrected chi connectivity index (χ4v) is 2.28. The average molecular weight is 384 g/mol. The number of nitrogens with zero attached hydrogens (tertiary/aromatic N) is 1. The fourth-order valence-electron chi connectivity index (χ4n) is 2.28. The lowest BCUT2D eigenvalue weighted by molar-refractivity contribution is -0.126. The van der Waals surface area contributed by atoms with Gasteiger partial charge in [0.2, 0.25) is 0 Å². The average Bonchev–Trinajstić information content (AvgIpc) is 2.70. The van der Waals surface area contributed by atoms with Crippen LogP contribution in [0.1, 0.15) is 31.9 Å². The maximum absolute atomic E-state index is 11.8. The van der Waals surface area contributed by atoms with Crippen molar-refractivity contribution in [2.24, 2.45) is 11.1 Å². The molecule has 0 saturated carbocycles. The van der Waals surface area contributed by atoms with Crippen molar-refractivity contribution in [2.75, 3.05) is 13.7 Å². The minimum absolute atomic E-state index is 0.0905. The van der Waals surface area contributed by atoms with Gasteiger partial charge in [0.05, 0.1) is 13.3 Å². The molecule has 0 aliphatic carbocycles. The van der Waals surface area contributed by atoms with E-state index in [2.05, 4.69) is 10.5 Å². The molecule has 28 heavy (non-hydrogen) atoms. The van der Waals surface area contributed by atoms with Crippen molar-refractivity contribution in [3.05, 3.63) is 59.7 Å². The number of hydrogen-bond donors (Lipinski definition) is 1. The highest BCUT2D eigenvalue weighted by atomic mass is 16.6. The van der Waals surface area contributed by atoms with E-state index in [1.165, 1.54) is 6.21 Å². The molecule has 2 aromatic rings. The second-order valence-corrected chi connectivity index (χ2v) is 6.79. The van der Waals surface area contributed by atoms with Gasteiger partial charge >= 0.3 is 0 Å². The minimum atomic E-state index is -0.194. The van der Waals surface area contributed by atoms with Gasteiger partial charge in [-0.1, -0.05) is 49.3 Å². The van der Waals surface area contributed by atoms with Gasteiger partial charge < -0.3 is 19.6 Å². The summed E-state index contributed by atoms with van der Waals surface area (Å²) in [5, 5.41) is 6.71. The zero-order valence-electron chi connectivity index (χ0n) is 16.8. The molecule has 1 amide bonds. The number of oxime groups is 1. The van der Waals surface area contributed by atoms with Gasteiger partial charge in [0.1, 0.15) is 6.61 Å². The van der Waals surface area contributed by atoms with Crippen LogP contribution in [0.5, 0.6) is 11.5 Å². The highest BCUT2D eigenvalue weighted by Crippen LogP contribution is 2.28. The molecule has 6 heteroatoms. The molecule has 2 aromatic carbocycles. The molecule has 6 nitrogen and oxygen atoms in total. The van der Waals surface area contributed by atoms with Gasteiger partial charge in [0.15, 0.2) is 18.1 Å². The molecule has 150 valence electrons. The van der Waals surface area contributed by atoms with E-state index in [1.54, 1.807) is 13.2 Å². The highest BCUT2D eigenvalue weighted by molar-refractivity contribution is 5.81. The monoisotopic (exact) mass is 384 g/mol. The van der Waals surface area contributed by atoms with Crippen molar-refractivity contribution in [3.63, 3.8) is 0 Å². The predicted octanol–water partition coefficient (Wildman–Crippen LogP) is 3.79. The molecule has 1 atom stereocenters. The predicted molar refractivity (Wildman–Crippen MR) is 110 cm³/mol. The number of carbonyl (C=O) groups excluding carboxylic acids is 1. The third-order valence-corrected chi connectivity index (χ3v) is 4.29. The van der Waals surface area contributed by atoms with E-state index in [4.69, 9.17) is 14.3 Å². The first-order chi connectivity index (χ1) is 13.5. The molecule has 0 saturated heterocycles. The molecule has 0 aliphatic rings. The molecule has 0 heterocycles. The number of benzene rings is 2. The molecular formula is C22H28N2O4. The molecule has 2 rings (SSSR count). The van der Waals surface area contributed by atoms with E-state index >= 15 is 0 Å². The summed E-state index contributed by atoms with van der Waals surface area (Å²) < 4.78 is 11.2. The minimum Gasteiger partial charge on any atom is -0.493 e. The van der Waals surface area contributed by atoms with Crippen molar-refractivity contribution < 1.29 is 19.1 Å². The Labute approximate surface area is 166 Å². The van der Waals surface area contributed by atoms with Crippen LogP contribution in [0.4, 0.5) is 0 Å². The number of hydrogen-bond acceptors (Lipinski definition) is 5. The van der Waals surface area contributed by atoms with Crippen LogP contribution in [-0.4, -0.2) is 31.9 Å². The number of ether oxygens (including phenoxy) is 2. The van der Waals surface area contributed by atoms with E-state index in [0.717, 1.165) is 11.1 Å². The van der Waals surface area contributed by atoms with E-state index < -0.39 is 0 Å². The first-order valence-corrected chi connectivity index (χ1v) is 9.29. The molecule has 1 N–H and O–H groups in total. The van der Waals surface area contributed by atoms with E-state index in [1.807, 2.05) is 63.2 Å². The number of amides is 1. The van der Waals surface area contributed by atoms with Crippen LogP contribution >= 0.6 is 0 Å². The van der Waals surface area contributed by atoms with Crippen LogP contribution < -0.4 is 14.8 Å². The Hall–Kier alpha value is -3.02. The number of nitrogens with one attached hydrogen (secondary N) is 1. The van der Waals surface area contributed by atoms with Gasteiger partial charge in [-0.05, 0) is 36.6 Å². The lowest BCUT2D eigenvalue weighted by atomic mass is 10.1. The normalized spacial score (nSPS) is 12.0. The highest BCUT2D eigenvalue weighted by Gasteiger charge is 2.10. The molecule has 1 unspecified atom stereocenters. The molecule has 0 radical (unpaired) electrons. The topological polar surface area (TPSA) is 69.2 Å². The standard InChI is InChI=1S/C22H28N2O4/c1-16(2)17(3)24-22(25)15-28-23-13-19-10-11-20(21(12-19)26-4)27-14-18-8-6-5-7-9-18/h5-13,16-17H,14-15H2,1-4H3,(H,24,25)/b23-13+. The lowest BCUT2D eigenvalue weighted by Crippen LogP contribution is -2.38. The zero-order valence-corrected chi connectivity index (χ0v) is 16.8. The van der Waals surface area contributed by atoms with E-state index in [9.17, 15) is 4.79 Å². The third-order valence-electron chi connectivity index (χ3n) is 4.29. The first-order valence-electron chi connectivity index (χ1n) is 9.29. The van der Waals surface area contributed by atoms with Gasteiger partial charge in [-0.25, -0.2) is 0 Å². The van der Waals surface area contributed by atoms with Crippen molar-refractivity contribution in [1.29, 1.82) is 0 Å². The Kier molecular flexibility index (Phi) is 8.34.